The van der Waals surface area contributed by atoms with E-state index in [0.29, 0.717) is 37.4 Å². The van der Waals surface area contributed by atoms with Gasteiger partial charge in [0.15, 0.2) is 0 Å². The first-order chi connectivity index (χ1) is 33.2. The van der Waals surface area contributed by atoms with E-state index in [4.69, 9.17) is 9.47 Å². The molecule has 1 fully saturated rings. The molecule has 384 valence electrons. The van der Waals surface area contributed by atoms with Gasteiger partial charge in [0, 0.05) is 39.3 Å². The van der Waals surface area contributed by atoms with Gasteiger partial charge in [-0.15, -0.1) is 0 Å². The number of nitrogens with one attached hydrogen (secondary N) is 2. The number of piperazine rings is 1. The minimum absolute atomic E-state index is 0.00360. The highest BCUT2D eigenvalue weighted by Crippen LogP contribution is 2.24. The number of ether oxygens (including phenoxy) is 2. The number of nitrogens with zero attached hydrogens (tertiary/aromatic N) is 2. The Balaban J connectivity index is 1.25. The van der Waals surface area contributed by atoms with Gasteiger partial charge in [-0.2, -0.15) is 0 Å². The number of carbonyl (C=O) groups excluding carboxylic acids is 4. The summed E-state index contributed by atoms with van der Waals surface area (Å²) in [5.74, 6) is 0.783. The molecule has 10 nitrogen and oxygen atoms in total. The third-order valence-electron chi connectivity index (χ3n) is 13.7. The Kier molecular flexibility index (Phi) is 32.8. The van der Waals surface area contributed by atoms with Crippen LogP contribution in [0.5, 0.6) is 11.5 Å². The normalized spacial score (nSPS) is 14.1. The molecule has 1 saturated heterocycles. The predicted molar refractivity (Wildman–Crippen MR) is 280 cm³/mol. The number of rotatable bonds is 40. The largest absolute Gasteiger partial charge is 0.426 e. The van der Waals surface area contributed by atoms with Gasteiger partial charge in [-0.25, -0.2) is 0 Å². The molecule has 3 rings (SSSR count). The third kappa shape index (κ3) is 27.4. The van der Waals surface area contributed by atoms with Gasteiger partial charge in [0.2, 0.25) is 11.8 Å². The van der Waals surface area contributed by atoms with E-state index in [2.05, 4.69) is 48.1 Å². The van der Waals surface area contributed by atoms with Gasteiger partial charge >= 0.3 is 11.9 Å². The Morgan fingerprint density at radius 2 is 0.721 bits per heavy atom. The van der Waals surface area contributed by atoms with Crippen molar-refractivity contribution in [1.29, 1.82) is 0 Å². The number of esters is 2. The zero-order valence-electron chi connectivity index (χ0n) is 43.6. The van der Waals surface area contributed by atoms with Crippen molar-refractivity contribution in [2.45, 2.75) is 207 Å². The van der Waals surface area contributed by atoms with Crippen molar-refractivity contribution in [3.05, 3.63) is 59.7 Å². The molecular formula is C58H96N4O6. The quantitative estimate of drug-likeness (QED) is 0.0385. The molecule has 2 atom stereocenters. The van der Waals surface area contributed by atoms with Gasteiger partial charge in [0.25, 0.3) is 0 Å². The van der Waals surface area contributed by atoms with Crippen LogP contribution < -0.4 is 20.1 Å². The number of carbonyl (C=O) groups is 4. The molecule has 1 aliphatic heterocycles. The molecule has 2 unspecified atom stereocenters. The molecule has 0 saturated carbocycles. The first-order valence-electron chi connectivity index (χ1n) is 27.8. The van der Waals surface area contributed by atoms with Crippen molar-refractivity contribution in [2.24, 2.45) is 11.8 Å². The lowest BCUT2D eigenvalue weighted by molar-refractivity contribution is -0.140. The van der Waals surface area contributed by atoms with Crippen molar-refractivity contribution in [2.75, 3.05) is 52.4 Å². The predicted octanol–water partition coefficient (Wildman–Crippen LogP) is 12.6. The van der Waals surface area contributed by atoms with Gasteiger partial charge in [0.05, 0.1) is 24.7 Å². The monoisotopic (exact) mass is 945 g/mol. The second-order valence-corrected chi connectivity index (χ2v) is 19.8. The van der Waals surface area contributed by atoms with E-state index in [1.807, 2.05) is 48.5 Å². The Morgan fingerprint density at radius 1 is 0.426 bits per heavy atom. The smallest absolute Gasteiger partial charge is 0.314 e. The van der Waals surface area contributed by atoms with Crippen molar-refractivity contribution >= 4 is 23.8 Å². The number of unbranched alkanes of at least 4 members (excludes halogenated alkanes) is 16. The van der Waals surface area contributed by atoms with Crippen LogP contribution in [0.15, 0.2) is 48.5 Å². The van der Waals surface area contributed by atoms with E-state index < -0.39 is 0 Å². The van der Waals surface area contributed by atoms with Crippen LogP contribution in [0.3, 0.4) is 0 Å². The summed E-state index contributed by atoms with van der Waals surface area (Å²) in [4.78, 5) is 56.8. The summed E-state index contributed by atoms with van der Waals surface area (Å²) in [6.45, 7) is 16.1. The van der Waals surface area contributed by atoms with Gasteiger partial charge in [-0.3, -0.25) is 19.2 Å². The van der Waals surface area contributed by atoms with Crippen LogP contribution in [-0.2, 0) is 32.0 Å². The number of hydrogen-bond acceptors (Lipinski definition) is 8. The Labute approximate surface area is 414 Å². The molecule has 1 heterocycles. The highest BCUT2D eigenvalue weighted by Gasteiger charge is 2.22. The fourth-order valence-electron chi connectivity index (χ4n) is 9.28. The molecular weight excluding hydrogens is 849 g/mol. The van der Waals surface area contributed by atoms with Crippen LogP contribution in [0, 0.1) is 11.8 Å². The van der Waals surface area contributed by atoms with Gasteiger partial charge in [-0.05, 0) is 87.0 Å². The second kappa shape index (κ2) is 38.0. The summed E-state index contributed by atoms with van der Waals surface area (Å²) < 4.78 is 11.7. The summed E-state index contributed by atoms with van der Waals surface area (Å²) >= 11 is 0. The average Bonchev–Trinajstić information content (AvgIpc) is 3.34. The second-order valence-electron chi connectivity index (χ2n) is 19.8. The number of amides is 2. The molecule has 0 bridgehead atoms. The maximum Gasteiger partial charge on any atom is 0.314 e. The van der Waals surface area contributed by atoms with E-state index in [-0.39, 0.29) is 35.6 Å². The lowest BCUT2D eigenvalue weighted by Gasteiger charge is -2.34. The molecule has 2 aromatic carbocycles. The van der Waals surface area contributed by atoms with Crippen LogP contribution in [-0.4, -0.2) is 85.9 Å². The molecule has 0 aromatic heterocycles. The summed E-state index contributed by atoms with van der Waals surface area (Å²) in [6.07, 6.45) is 29.9. The Bertz CT molecular complexity index is 1490. The molecule has 68 heavy (non-hydrogen) atoms. The summed E-state index contributed by atoms with van der Waals surface area (Å²) in [7, 11) is 0. The van der Waals surface area contributed by atoms with Gasteiger partial charge in [0.1, 0.15) is 11.5 Å². The fourth-order valence-corrected chi connectivity index (χ4v) is 9.28. The highest BCUT2D eigenvalue weighted by molar-refractivity contribution is 5.79. The summed E-state index contributed by atoms with van der Waals surface area (Å²) in [5.41, 5.74) is 1.81. The van der Waals surface area contributed by atoms with Crippen LogP contribution in [0.25, 0.3) is 0 Å². The van der Waals surface area contributed by atoms with E-state index in [9.17, 15) is 19.2 Å². The topological polar surface area (TPSA) is 117 Å². The molecule has 2 aromatic rings. The first-order valence-corrected chi connectivity index (χ1v) is 27.8. The SMILES string of the molecule is CCCCCCCCC(CCCCCC)C(=O)Oc1ccc(CC(=O)NCCCN2CCN(CCCNC(=O)Cc3ccc(OC(=O)C(CCCCCC)CCCCCCCC)cc3)CC2)cc1. The summed E-state index contributed by atoms with van der Waals surface area (Å²) in [5, 5.41) is 6.16. The Hall–Kier alpha value is -3.76. The zero-order valence-corrected chi connectivity index (χ0v) is 43.6. The van der Waals surface area contributed by atoms with Crippen LogP contribution >= 0.6 is 0 Å². The highest BCUT2D eigenvalue weighted by atomic mass is 16.5. The van der Waals surface area contributed by atoms with Crippen LogP contribution in [0.1, 0.15) is 206 Å². The molecule has 0 radical (unpaired) electrons. The van der Waals surface area contributed by atoms with E-state index >= 15 is 0 Å². The molecule has 10 heteroatoms. The summed E-state index contributed by atoms with van der Waals surface area (Å²) in [6, 6.07) is 14.8. The number of benzene rings is 2. The van der Waals surface area contributed by atoms with Crippen molar-refractivity contribution in [1.82, 2.24) is 20.4 Å². The van der Waals surface area contributed by atoms with E-state index in [0.717, 1.165) is 127 Å². The Morgan fingerprint density at radius 3 is 1.04 bits per heavy atom. The minimum Gasteiger partial charge on any atom is -0.426 e. The molecule has 1 aliphatic rings. The van der Waals surface area contributed by atoms with E-state index in [1.54, 1.807) is 0 Å². The van der Waals surface area contributed by atoms with Gasteiger partial charge < -0.3 is 29.9 Å². The van der Waals surface area contributed by atoms with Crippen LogP contribution in [0.4, 0.5) is 0 Å². The van der Waals surface area contributed by atoms with E-state index in [1.165, 1.54) is 89.9 Å². The lowest BCUT2D eigenvalue weighted by atomic mass is 9.94. The maximum absolute atomic E-state index is 13.2. The zero-order chi connectivity index (χ0) is 48.9. The molecule has 0 aliphatic carbocycles. The average molecular weight is 945 g/mol. The fraction of sp³-hybridized carbons (Fsp3) is 0.724. The minimum atomic E-state index is -0.116. The molecule has 2 N–H and O–H groups in total. The van der Waals surface area contributed by atoms with Gasteiger partial charge in [-0.1, -0.05) is 180 Å². The standard InChI is InChI=1S/C58H96N4O6/c1-5-9-13-17-19-23-29-51(27-21-15-11-7-3)57(65)67-53-35-31-49(32-36-53)47-55(63)59-39-25-41-61-43-45-62(46-44-61)42-26-40-60-56(64)48-50-33-37-54(38-34-50)68-58(66)52(28-22-16-12-8-4)30-24-20-18-14-10-6-2/h31-38,51-52H,5-30,39-48H2,1-4H3,(H,59,63)(H,60,64). The van der Waals surface area contributed by atoms with Crippen molar-refractivity contribution in [3.8, 4) is 11.5 Å². The molecule has 0 spiro atoms. The van der Waals surface area contributed by atoms with Crippen molar-refractivity contribution in [3.63, 3.8) is 0 Å². The third-order valence-corrected chi connectivity index (χ3v) is 13.7. The molecule has 2 amide bonds. The number of hydrogen-bond donors (Lipinski definition) is 2. The first kappa shape index (κ1) is 58.6. The van der Waals surface area contributed by atoms with Crippen molar-refractivity contribution < 1.29 is 28.7 Å². The maximum atomic E-state index is 13.2. The lowest BCUT2D eigenvalue weighted by Crippen LogP contribution is -2.47. The van der Waals surface area contributed by atoms with Crippen LogP contribution in [0.2, 0.25) is 0 Å².